The topological polar surface area (TPSA) is 100 Å². The Bertz CT molecular complexity index is 726. The van der Waals surface area contributed by atoms with Crippen LogP contribution >= 0.6 is 11.3 Å². The van der Waals surface area contributed by atoms with Crippen molar-refractivity contribution >= 4 is 22.9 Å². The molecule has 0 unspecified atom stereocenters. The van der Waals surface area contributed by atoms with Crippen LogP contribution in [-0.2, 0) is 6.61 Å². The van der Waals surface area contributed by atoms with E-state index in [2.05, 4.69) is 15.6 Å². The van der Waals surface area contributed by atoms with Crippen molar-refractivity contribution in [3.8, 4) is 0 Å². The number of thiazole rings is 1. The summed E-state index contributed by atoms with van der Waals surface area (Å²) in [6.45, 7) is 1.20. The van der Waals surface area contributed by atoms with Crippen molar-refractivity contribution in [2.75, 3.05) is 18.4 Å². The van der Waals surface area contributed by atoms with Crippen molar-refractivity contribution in [3.63, 3.8) is 0 Å². The van der Waals surface area contributed by atoms with Gasteiger partial charge in [0.15, 0.2) is 0 Å². The number of nitrogens with two attached hydrogens (primary N) is 1. The zero-order chi connectivity index (χ0) is 19.1. The molecule has 0 saturated heterocycles. The van der Waals surface area contributed by atoms with Crippen molar-refractivity contribution < 1.29 is 9.90 Å². The fraction of sp³-hybridized carbons (Fsp3) is 0.500. The first-order chi connectivity index (χ1) is 13.2. The first kappa shape index (κ1) is 19.8. The predicted octanol–water partition coefficient (Wildman–Crippen LogP) is 3.06. The van der Waals surface area contributed by atoms with Gasteiger partial charge in [0.25, 0.3) is 5.91 Å². The Morgan fingerprint density at radius 1 is 1.26 bits per heavy atom. The van der Waals surface area contributed by atoms with Crippen molar-refractivity contribution in [2.45, 2.75) is 44.8 Å². The van der Waals surface area contributed by atoms with E-state index in [0.717, 1.165) is 23.0 Å². The van der Waals surface area contributed by atoms with E-state index in [9.17, 15) is 4.79 Å². The number of nitrogens with one attached hydrogen (secondary N) is 2. The summed E-state index contributed by atoms with van der Waals surface area (Å²) < 4.78 is 0. The molecule has 146 valence electrons. The number of nitrogens with zero attached hydrogens (tertiary/aromatic N) is 1. The van der Waals surface area contributed by atoms with Crippen LogP contribution in [0.5, 0.6) is 0 Å². The minimum atomic E-state index is -0.355. The van der Waals surface area contributed by atoms with Gasteiger partial charge < -0.3 is 21.5 Å². The molecule has 3 rings (SSSR count). The number of carbonyl (C=O) groups excluding carboxylic acids is 1. The minimum absolute atomic E-state index is 0.0573. The molecule has 1 aromatic carbocycles. The molecule has 7 heteroatoms. The van der Waals surface area contributed by atoms with Gasteiger partial charge in [-0.3, -0.25) is 4.79 Å². The van der Waals surface area contributed by atoms with Gasteiger partial charge in [0.1, 0.15) is 5.01 Å². The molecule has 0 bridgehead atoms. The van der Waals surface area contributed by atoms with Gasteiger partial charge in [0.05, 0.1) is 17.5 Å². The van der Waals surface area contributed by atoms with Gasteiger partial charge >= 0.3 is 0 Å². The smallest absolute Gasteiger partial charge is 0.251 e. The second kappa shape index (κ2) is 9.82. The van der Waals surface area contributed by atoms with Gasteiger partial charge in [-0.15, -0.1) is 11.3 Å². The van der Waals surface area contributed by atoms with Crippen LogP contribution in [0.25, 0.3) is 0 Å². The third-order valence-corrected chi connectivity index (χ3v) is 6.13. The number of aliphatic hydroxyl groups is 1. The third kappa shape index (κ3) is 5.51. The van der Waals surface area contributed by atoms with Gasteiger partial charge in [-0.25, -0.2) is 4.98 Å². The zero-order valence-corrected chi connectivity index (χ0v) is 16.3. The lowest BCUT2D eigenvalue weighted by atomic mass is 9.89. The molecular formula is C20H28N4O2S. The standard InChI is InChI=1S/C20H28N4O2S/c21-10-18(20-23-12-17(13-25)27-20)24-19(26)15-6-8-16(9-7-15)22-11-14-4-2-1-3-5-14/h6-9,12,14,18,22,25H,1-5,10-11,13,21H2,(H,24,26)/t18-/m0/s1. The molecule has 1 atom stereocenters. The van der Waals surface area contributed by atoms with E-state index >= 15 is 0 Å². The third-order valence-electron chi connectivity index (χ3n) is 5.03. The molecule has 0 aliphatic heterocycles. The molecule has 1 fully saturated rings. The second-order valence-corrected chi connectivity index (χ2v) is 8.19. The molecule has 0 radical (unpaired) electrons. The quantitative estimate of drug-likeness (QED) is 0.557. The molecule has 1 aromatic heterocycles. The van der Waals surface area contributed by atoms with Crippen LogP contribution in [0.1, 0.15) is 58.4 Å². The van der Waals surface area contributed by atoms with Gasteiger partial charge in [0, 0.05) is 30.5 Å². The summed E-state index contributed by atoms with van der Waals surface area (Å²) in [4.78, 5) is 17.5. The molecule has 0 spiro atoms. The summed E-state index contributed by atoms with van der Waals surface area (Å²) in [5.41, 5.74) is 7.43. The van der Waals surface area contributed by atoms with E-state index in [4.69, 9.17) is 10.8 Å². The number of carbonyl (C=O) groups is 1. The van der Waals surface area contributed by atoms with Crippen LogP contribution in [0.3, 0.4) is 0 Å². The largest absolute Gasteiger partial charge is 0.391 e. The summed E-state index contributed by atoms with van der Waals surface area (Å²) >= 11 is 1.36. The van der Waals surface area contributed by atoms with Crippen molar-refractivity contribution in [1.29, 1.82) is 0 Å². The second-order valence-electron chi connectivity index (χ2n) is 7.05. The van der Waals surface area contributed by atoms with E-state index in [0.29, 0.717) is 10.6 Å². The van der Waals surface area contributed by atoms with E-state index in [-0.39, 0.29) is 25.1 Å². The Morgan fingerprint density at radius 2 is 2.00 bits per heavy atom. The van der Waals surface area contributed by atoms with Crippen molar-refractivity contribution in [3.05, 3.63) is 45.9 Å². The van der Waals surface area contributed by atoms with Crippen LogP contribution in [0.15, 0.2) is 30.5 Å². The number of anilines is 1. The first-order valence-corrected chi connectivity index (χ1v) is 10.4. The summed E-state index contributed by atoms with van der Waals surface area (Å²) in [5.74, 6) is 0.583. The van der Waals surface area contributed by atoms with Gasteiger partial charge in [-0.1, -0.05) is 19.3 Å². The molecule has 5 N–H and O–H groups in total. The van der Waals surface area contributed by atoms with Gasteiger partial charge in [-0.05, 0) is 43.0 Å². The van der Waals surface area contributed by atoms with E-state index in [1.165, 1.54) is 43.4 Å². The molecule has 1 saturated carbocycles. The van der Waals surface area contributed by atoms with E-state index < -0.39 is 0 Å². The Kier molecular flexibility index (Phi) is 7.20. The van der Waals surface area contributed by atoms with Crippen molar-refractivity contribution in [1.82, 2.24) is 10.3 Å². The maximum absolute atomic E-state index is 12.5. The summed E-state index contributed by atoms with van der Waals surface area (Å²) in [6, 6.07) is 7.19. The lowest BCUT2D eigenvalue weighted by Gasteiger charge is -2.22. The van der Waals surface area contributed by atoms with Crippen molar-refractivity contribution in [2.24, 2.45) is 11.7 Å². The van der Waals surface area contributed by atoms with Crippen LogP contribution < -0.4 is 16.4 Å². The number of benzene rings is 1. The maximum atomic E-state index is 12.5. The molecule has 2 aromatic rings. The highest BCUT2D eigenvalue weighted by atomic mass is 32.1. The fourth-order valence-electron chi connectivity index (χ4n) is 3.41. The molecule has 6 nitrogen and oxygen atoms in total. The normalized spacial score (nSPS) is 16.1. The van der Waals surface area contributed by atoms with E-state index in [1.54, 1.807) is 6.20 Å². The molecule has 1 amide bonds. The highest BCUT2D eigenvalue weighted by Gasteiger charge is 2.18. The number of aliphatic hydroxyl groups excluding tert-OH is 1. The molecule has 1 heterocycles. The Hall–Kier alpha value is -1.96. The van der Waals surface area contributed by atoms with Crippen LogP contribution in [0, 0.1) is 5.92 Å². The average molecular weight is 389 g/mol. The van der Waals surface area contributed by atoms with Crippen LogP contribution in [-0.4, -0.2) is 29.1 Å². The summed E-state index contributed by atoms with van der Waals surface area (Å²) in [7, 11) is 0. The average Bonchev–Trinajstić information content (AvgIpc) is 3.20. The highest BCUT2D eigenvalue weighted by molar-refractivity contribution is 7.11. The summed E-state index contributed by atoms with van der Waals surface area (Å²) in [6.07, 6.45) is 8.28. The molecular weight excluding hydrogens is 360 g/mol. The maximum Gasteiger partial charge on any atom is 0.251 e. The lowest BCUT2D eigenvalue weighted by Crippen LogP contribution is -2.33. The molecule has 27 heavy (non-hydrogen) atoms. The first-order valence-electron chi connectivity index (χ1n) is 9.60. The van der Waals surface area contributed by atoms with Gasteiger partial charge in [-0.2, -0.15) is 0 Å². The number of hydrogen-bond donors (Lipinski definition) is 4. The molecule has 1 aliphatic rings. The summed E-state index contributed by atoms with van der Waals surface area (Å²) in [5, 5.41) is 16.3. The molecule has 1 aliphatic carbocycles. The number of aromatic nitrogens is 1. The zero-order valence-electron chi connectivity index (χ0n) is 15.5. The Morgan fingerprint density at radius 3 is 2.63 bits per heavy atom. The number of rotatable bonds is 8. The number of hydrogen-bond acceptors (Lipinski definition) is 6. The van der Waals surface area contributed by atoms with Gasteiger partial charge in [0.2, 0.25) is 0 Å². The van der Waals surface area contributed by atoms with Crippen LogP contribution in [0.2, 0.25) is 0 Å². The minimum Gasteiger partial charge on any atom is -0.391 e. The Balaban J connectivity index is 1.54. The highest BCUT2D eigenvalue weighted by Crippen LogP contribution is 2.24. The predicted molar refractivity (Wildman–Crippen MR) is 109 cm³/mol. The lowest BCUT2D eigenvalue weighted by molar-refractivity contribution is 0.0938. The number of amides is 1. The Labute approximate surface area is 164 Å². The monoisotopic (exact) mass is 388 g/mol. The van der Waals surface area contributed by atoms with E-state index in [1.807, 2.05) is 24.3 Å². The SMILES string of the molecule is NC[C@H](NC(=O)c1ccc(NCC2CCCCC2)cc1)c1ncc(CO)s1. The van der Waals surface area contributed by atoms with Crippen LogP contribution in [0.4, 0.5) is 5.69 Å². The fourth-order valence-corrected chi connectivity index (χ4v) is 4.25.